The number of imide groups is 1. The van der Waals surface area contributed by atoms with E-state index in [1.165, 1.54) is 54.6 Å². The number of ether oxygens (including phenoxy) is 2. The van der Waals surface area contributed by atoms with Gasteiger partial charge < -0.3 is 9.47 Å². The number of carbonyl (C=O) groups is 6. The Hall–Kier alpha value is -5.90. The van der Waals surface area contributed by atoms with Crippen molar-refractivity contribution in [2.75, 3.05) is 6.54 Å². The first-order valence-corrected chi connectivity index (χ1v) is 16.0. The third kappa shape index (κ3) is 7.24. The lowest BCUT2D eigenvalue weighted by Gasteiger charge is -2.19. The number of hydrogen-bond donors (Lipinski definition) is 0. The molecule has 11 heteroatoms. The summed E-state index contributed by atoms with van der Waals surface area (Å²) in [5.74, 6) is -4.61. The maximum Gasteiger partial charge on any atom is 0.339 e. The van der Waals surface area contributed by atoms with E-state index in [-0.39, 0.29) is 27.8 Å². The number of hydrogen-bond acceptors (Lipinski definition) is 8. The van der Waals surface area contributed by atoms with Crippen molar-refractivity contribution < 1.29 is 38.2 Å². The number of nitrogens with zero attached hydrogens (tertiary/aromatic N) is 1. The Bertz CT molecular complexity index is 2120. The number of fused-ring (bicyclic) bond motifs is 1. The van der Waals surface area contributed by atoms with E-state index >= 15 is 0 Å². The Morgan fingerprint density at radius 2 is 0.980 bits per heavy atom. The summed E-state index contributed by atoms with van der Waals surface area (Å²) in [5.41, 5.74) is 1.01. The van der Waals surface area contributed by atoms with Crippen molar-refractivity contribution in [2.45, 2.75) is 12.2 Å². The van der Waals surface area contributed by atoms with Crippen molar-refractivity contribution in [1.82, 2.24) is 4.90 Å². The average Bonchev–Trinajstić information content (AvgIpc) is 3.37. The number of halogens is 2. The quantitative estimate of drug-likeness (QED) is 0.0785. The maximum atomic E-state index is 13.5. The molecule has 50 heavy (non-hydrogen) atoms. The van der Waals surface area contributed by atoms with E-state index < -0.39 is 54.1 Å². The number of amides is 2. The van der Waals surface area contributed by atoms with Crippen LogP contribution in [-0.2, 0) is 14.3 Å². The fourth-order valence-corrected chi connectivity index (χ4v) is 5.62. The van der Waals surface area contributed by atoms with Gasteiger partial charge in [-0.05, 0) is 66.7 Å². The Morgan fingerprint density at radius 1 is 0.540 bits per heavy atom. The van der Waals surface area contributed by atoms with Crippen LogP contribution in [0.15, 0.2) is 127 Å². The van der Waals surface area contributed by atoms with Crippen molar-refractivity contribution in [1.29, 1.82) is 0 Å². The summed E-state index contributed by atoms with van der Waals surface area (Å²) in [5, 5.41) is 0.844. The highest BCUT2D eigenvalue weighted by Gasteiger charge is 2.39. The van der Waals surface area contributed by atoms with E-state index in [9.17, 15) is 28.8 Å². The van der Waals surface area contributed by atoms with Crippen molar-refractivity contribution >= 4 is 58.5 Å². The van der Waals surface area contributed by atoms with E-state index in [4.69, 9.17) is 32.7 Å². The van der Waals surface area contributed by atoms with Gasteiger partial charge in [0.05, 0.1) is 16.7 Å². The molecule has 0 radical (unpaired) electrons. The second kappa shape index (κ2) is 14.7. The minimum Gasteiger partial charge on any atom is -0.448 e. The van der Waals surface area contributed by atoms with Crippen molar-refractivity contribution in [3.8, 4) is 0 Å². The van der Waals surface area contributed by atoms with Gasteiger partial charge in [-0.15, -0.1) is 0 Å². The molecule has 0 fully saturated rings. The van der Waals surface area contributed by atoms with Gasteiger partial charge in [-0.3, -0.25) is 28.9 Å². The first-order chi connectivity index (χ1) is 24.1. The highest BCUT2D eigenvalue weighted by Crippen LogP contribution is 2.29. The maximum absolute atomic E-state index is 13.5. The summed E-state index contributed by atoms with van der Waals surface area (Å²) in [4.78, 5) is 80.8. The summed E-state index contributed by atoms with van der Waals surface area (Å²) in [6.07, 6.45) is -2.69. The van der Waals surface area contributed by atoms with Crippen LogP contribution in [0.25, 0.3) is 0 Å². The molecule has 0 saturated heterocycles. The zero-order valence-corrected chi connectivity index (χ0v) is 27.5. The molecule has 0 unspecified atom stereocenters. The molecule has 0 saturated carbocycles. The fraction of sp³-hybridized carbons (Fsp3) is 0.0769. The Balaban J connectivity index is 1.19. The number of carbonyl (C=O) groups excluding carboxylic acids is 6. The molecule has 1 aliphatic heterocycles. The van der Waals surface area contributed by atoms with Gasteiger partial charge in [-0.1, -0.05) is 83.9 Å². The van der Waals surface area contributed by atoms with E-state index in [0.29, 0.717) is 26.1 Å². The Kier molecular flexibility index (Phi) is 9.99. The molecule has 1 aliphatic rings. The predicted octanol–water partition coefficient (Wildman–Crippen LogP) is 7.54. The number of rotatable bonds is 11. The van der Waals surface area contributed by atoms with E-state index in [1.807, 2.05) is 0 Å². The normalized spacial score (nSPS) is 13.3. The van der Waals surface area contributed by atoms with E-state index in [1.54, 1.807) is 72.8 Å². The summed E-state index contributed by atoms with van der Waals surface area (Å²) in [6, 6.07) is 32.6. The third-order valence-corrected chi connectivity index (χ3v) is 8.41. The average molecular weight is 707 g/mol. The minimum absolute atomic E-state index is 0.0481. The molecule has 5 aromatic rings. The van der Waals surface area contributed by atoms with Gasteiger partial charge in [-0.2, -0.15) is 0 Å². The van der Waals surface area contributed by atoms with Crippen molar-refractivity contribution in [2.24, 2.45) is 0 Å². The largest absolute Gasteiger partial charge is 0.448 e. The monoisotopic (exact) mass is 705 g/mol. The van der Waals surface area contributed by atoms with Crippen LogP contribution in [0, 0.1) is 0 Å². The molecule has 248 valence electrons. The van der Waals surface area contributed by atoms with E-state index in [2.05, 4.69) is 0 Å². The molecule has 0 N–H and O–H groups in total. The van der Waals surface area contributed by atoms with Gasteiger partial charge in [0.2, 0.25) is 11.6 Å². The van der Waals surface area contributed by atoms with Crippen LogP contribution in [0.4, 0.5) is 0 Å². The van der Waals surface area contributed by atoms with E-state index in [0.717, 1.165) is 0 Å². The fourth-order valence-electron chi connectivity index (χ4n) is 5.37. The van der Waals surface area contributed by atoms with Crippen LogP contribution in [0.2, 0.25) is 10.0 Å². The first-order valence-electron chi connectivity index (χ1n) is 15.2. The summed E-state index contributed by atoms with van der Waals surface area (Å²) in [7, 11) is 0. The lowest BCUT2D eigenvalue weighted by molar-refractivity contribution is -0.147. The minimum atomic E-state index is -1.37. The van der Waals surface area contributed by atoms with Gasteiger partial charge in [0.1, 0.15) is 6.54 Å². The number of esters is 2. The summed E-state index contributed by atoms with van der Waals surface area (Å²) in [6.45, 7) is -0.797. The molecule has 0 spiro atoms. The third-order valence-electron chi connectivity index (χ3n) is 7.91. The highest BCUT2D eigenvalue weighted by atomic mass is 35.5. The molecule has 5 aromatic carbocycles. The first kappa shape index (κ1) is 34.0. The molecule has 2 amide bonds. The van der Waals surface area contributed by atoms with Gasteiger partial charge in [-0.25, -0.2) is 4.79 Å². The Morgan fingerprint density at radius 3 is 1.48 bits per heavy atom. The van der Waals surface area contributed by atoms with Crippen LogP contribution in [0.1, 0.15) is 75.1 Å². The number of benzene rings is 5. The lowest BCUT2D eigenvalue weighted by Crippen LogP contribution is -2.36. The van der Waals surface area contributed by atoms with Gasteiger partial charge >= 0.3 is 11.9 Å². The van der Waals surface area contributed by atoms with Crippen LogP contribution in [-0.4, -0.2) is 46.8 Å². The predicted molar refractivity (Wildman–Crippen MR) is 183 cm³/mol. The van der Waals surface area contributed by atoms with Crippen LogP contribution >= 0.6 is 23.2 Å². The van der Waals surface area contributed by atoms with Gasteiger partial charge in [0.25, 0.3) is 11.8 Å². The number of ketones is 2. The lowest BCUT2D eigenvalue weighted by atomic mass is 9.99. The second-order valence-electron chi connectivity index (χ2n) is 11.2. The molecule has 6 rings (SSSR count). The molecule has 1 heterocycles. The van der Waals surface area contributed by atoms with Crippen LogP contribution < -0.4 is 0 Å². The number of Topliss-reactive ketones (excluding diaryl/α,β-unsaturated/α-hetero) is 2. The van der Waals surface area contributed by atoms with Crippen LogP contribution in [0.3, 0.4) is 0 Å². The highest BCUT2D eigenvalue weighted by molar-refractivity contribution is 6.31. The zero-order chi connectivity index (χ0) is 35.4. The van der Waals surface area contributed by atoms with Crippen LogP contribution in [0.5, 0.6) is 0 Å². The second-order valence-corrected chi connectivity index (χ2v) is 12.0. The molecule has 0 aliphatic carbocycles. The Labute approximate surface area is 296 Å². The SMILES string of the molecule is O=C(CN1C(=O)c2ccc(C(=O)O[C@H](C(=O)c3ccc(Cl)cc3)c3ccccc3)cc2C1=O)O[C@H](C(=O)c1ccc(Cl)cc1)c1ccccc1. The molecule has 2 atom stereocenters. The zero-order valence-electron chi connectivity index (χ0n) is 26.0. The summed E-state index contributed by atoms with van der Waals surface area (Å²) >= 11 is 11.9. The summed E-state index contributed by atoms with van der Waals surface area (Å²) < 4.78 is 11.3. The van der Waals surface area contributed by atoms with Gasteiger partial charge in [0.15, 0.2) is 12.2 Å². The molecular formula is C39H25Cl2NO8. The van der Waals surface area contributed by atoms with Gasteiger partial charge in [0, 0.05) is 32.3 Å². The smallest absolute Gasteiger partial charge is 0.339 e. The molecule has 0 aromatic heterocycles. The molecule has 0 bridgehead atoms. The van der Waals surface area contributed by atoms with Crippen molar-refractivity contribution in [3.05, 3.63) is 176 Å². The standard InChI is InChI=1S/C39H25Cl2NO8/c40-28-16-11-23(12-17-28)33(44)35(25-7-3-1-4-8-25)49-32(43)22-42-37(46)30-20-15-27(21-31(30)38(42)47)39(48)50-36(26-9-5-2-6-10-26)34(45)24-13-18-29(41)19-14-24/h1-21,35-36H,22H2/t35-,36-/m0/s1. The topological polar surface area (TPSA) is 124 Å². The molecule has 9 nitrogen and oxygen atoms in total. The van der Waals surface area contributed by atoms with Crippen molar-refractivity contribution in [3.63, 3.8) is 0 Å². The molecular weight excluding hydrogens is 681 g/mol.